The number of hydrogen-bond donors (Lipinski definition) is 3. The lowest BCUT2D eigenvalue weighted by Gasteiger charge is -2.12. The average Bonchev–Trinajstić information content (AvgIpc) is 2.74. The Balaban J connectivity index is 1.75. The van der Waals surface area contributed by atoms with Crippen LogP contribution in [0.4, 0.5) is 11.4 Å². The van der Waals surface area contributed by atoms with E-state index in [1.807, 2.05) is 36.4 Å². The molecule has 30 heavy (non-hydrogen) atoms. The van der Waals surface area contributed by atoms with Gasteiger partial charge in [0.1, 0.15) is 0 Å². The lowest BCUT2D eigenvalue weighted by molar-refractivity contribution is -0.114. The fraction of sp³-hybridized carbons (Fsp3) is 0.0909. The van der Waals surface area contributed by atoms with E-state index in [1.54, 1.807) is 36.7 Å². The summed E-state index contributed by atoms with van der Waals surface area (Å²) in [6, 6.07) is 17.9. The van der Waals surface area contributed by atoms with E-state index < -0.39 is 0 Å². The number of nitrogens with one attached hydrogen (secondary N) is 3. The van der Waals surface area contributed by atoms with Gasteiger partial charge in [-0.15, -0.1) is 0 Å². The van der Waals surface area contributed by atoms with Crippen molar-refractivity contribution in [2.24, 2.45) is 4.99 Å². The molecule has 0 fully saturated rings. The van der Waals surface area contributed by atoms with E-state index in [-0.39, 0.29) is 11.8 Å². The van der Waals surface area contributed by atoms with Crippen LogP contribution in [0.1, 0.15) is 22.8 Å². The van der Waals surface area contributed by atoms with Crippen molar-refractivity contribution in [2.45, 2.75) is 13.5 Å². The van der Waals surface area contributed by atoms with Crippen LogP contribution in [0.15, 0.2) is 82.5 Å². The Hall–Kier alpha value is -3.52. The number of nitrogens with zero attached hydrogens (tertiary/aromatic N) is 2. The first-order valence-corrected chi connectivity index (χ1v) is 9.94. The Morgan fingerprint density at radius 3 is 2.13 bits per heavy atom. The quantitative estimate of drug-likeness (QED) is 0.388. The molecule has 0 aliphatic heterocycles. The first-order chi connectivity index (χ1) is 14.5. The molecule has 0 aliphatic rings. The monoisotopic (exact) mass is 465 g/mol. The van der Waals surface area contributed by atoms with Gasteiger partial charge in [0.05, 0.1) is 6.54 Å². The normalized spacial score (nSPS) is 10.9. The summed E-state index contributed by atoms with van der Waals surface area (Å²) in [6.07, 6.45) is 3.39. The molecule has 3 aromatic rings. The second-order valence-corrected chi connectivity index (χ2v) is 7.28. The van der Waals surface area contributed by atoms with E-state index in [1.165, 1.54) is 6.92 Å². The van der Waals surface area contributed by atoms with Crippen LogP contribution in [0.25, 0.3) is 0 Å². The maximum atomic E-state index is 12.7. The van der Waals surface area contributed by atoms with Gasteiger partial charge in [0.2, 0.25) is 11.9 Å². The maximum absolute atomic E-state index is 12.7. The largest absolute Gasteiger partial charge is 0.326 e. The molecule has 0 unspecified atom stereocenters. The summed E-state index contributed by atoms with van der Waals surface area (Å²) in [6.45, 7) is 1.81. The second kappa shape index (κ2) is 10.3. The van der Waals surface area contributed by atoms with Gasteiger partial charge in [-0.2, -0.15) is 0 Å². The molecule has 0 aliphatic carbocycles. The third-order valence-electron chi connectivity index (χ3n) is 3.98. The van der Waals surface area contributed by atoms with Crippen molar-refractivity contribution < 1.29 is 9.59 Å². The third kappa shape index (κ3) is 6.52. The molecule has 7 nitrogen and oxygen atoms in total. The van der Waals surface area contributed by atoms with Gasteiger partial charge in [0.25, 0.3) is 5.91 Å². The third-order valence-corrected chi connectivity index (χ3v) is 4.50. The summed E-state index contributed by atoms with van der Waals surface area (Å²) in [5, 5.41) is 8.62. The van der Waals surface area contributed by atoms with Crippen LogP contribution in [0.2, 0.25) is 0 Å². The highest BCUT2D eigenvalue weighted by Crippen LogP contribution is 2.14. The number of halogens is 1. The summed E-state index contributed by atoms with van der Waals surface area (Å²) in [4.78, 5) is 32.4. The number of hydrogen-bond acceptors (Lipinski definition) is 4. The SMILES string of the molecule is CC(=O)Nc1ccc(C(=O)NC(=NCc2ccncc2)Nc2ccc(Br)cc2)cc1. The number of guanidine groups is 1. The fourth-order valence-electron chi connectivity index (χ4n) is 2.53. The van der Waals surface area contributed by atoms with Crippen molar-refractivity contribution in [1.82, 2.24) is 10.3 Å². The second-order valence-electron chi connectivity index (χ2n) is 6.36. The Kier molecular flexibility index (Phi) is 7.29. The number of anilines is 2. The highest BCUT2D eigenvalue weighted by molar-refractivity contribution is 9.10. The molecule has 0 atom stereocenters. The van der Waals surface area contributed by atoms with Crippen molar-refractivity contribution in [3.63, 3.8) is 0 Å². The zero-order chi connectivity index (χ0) is 21.3. The molecule has 152 valence electrons. The standard InChI is InChI=1S/C22H20BrN5O2/c1-15(29)26-19-6-2-17(3-7-19)21(30)28-22(25-14-16-10-12-24-13-11-16)27-20-8-4-18(23)5-9-20/h2-13H,14H2,1H3,(H,26,29)(H2,25,27,28,30). The van der Waals surface area contributed by atoms with Gasteiger partial charge in [0.15, 0.2) is 0 Å². The topological polar surface area (TPSA) is 95.5 Å². The molecule has 1 heterocycles. The molecule has 3 N–H and O–H groups in total. The summed E-state index contributed by atoms with van der Waals surface area (Å²) in [7, 11) is 0. The zero-order valence-corrected chi connectivity index (χ0v) is 17.8. The number of benzene rings is 2. The Bertz CT molecular complexity index is 1040. The van der Waals surface area contributed by atoms with Gasteiger partial charge < -0.3 is 10.6 Å². The van der Waals surface area contributed by atoms with Gasteiger partial charge in [-0.3, -0.25) is 19.9 Å². The van der Waals surface area contributed by atoms with Gasteiger partial charge >= 0.3 is 0 Å². The predicted molar refractivity (Wildman–Crippen MR) is 121 cm³/mol. The van der Waals surface area contributed by atoms with Gasteiger partial charge in [0, 0.05) is 40.7 Å². The van der Waals surface area contributed by atoms with Crippen molar-refractivity contribution in [3.05, 3.63) is 88.7 Å². The number of aliphatic imine (C=N–C) groups is 1. The van der Waals surface area contributed by atoms with Crippen molar-refractivity contribution in [1.29, 1.82) is 0 Å². The summed E-state index contributed by atoms with van der Waals surface area (Å²) < 4.78 is 0.951. The molecular weight excluding hydrogens is 446 g/mol. The van der Waals surface area contributed by atoms with Crippen LogP contribution in [0.5, 0.6) is 0 Å². The Morgan fingerprint density at radius 2 is 1.50 bits per heavy atom. The molecule has 0 bridgehead atoms. The summed E-state index contributed by atoms with van der Waals surface area (Å²) >= 11 is 3.40. The molecule has 0 spiro atoms. The van der Waals surface area contributed by atoms with E-state index >= 15 is 0 Å². The van der Waals surface area contributed by atoms with Gasteiger partial charge in [-0.05, 0) is 66.2 Å². The molecule has 0 saturated heterocycles. The first-order valence-electron chi connectivity index (χ1n) is 9.14. The highest BCUT2D eigenvalue weighted by Gasteiger charge is 2.10. The number of carbonyl (C=O) groups is 2. The van der Waals surface area contributed by atoms with E-state index in [0.29, 0.717) is 23.8 Å². The average molecular weight is 466 g/mol. The number of carbonyl (C=O) groups excluding carboxylic acids is 2. The van der Waals surface area contributed by atoms with E-state index in [9.17, 15) is 9.59 Å². The van der Waals surface area contributed by atoms with E-state index in [2.05, 4.69) is 41.9 Å². The Morgan fingerprint density at radius 1 is 0.900 bits per heavy atom. The van der Waals surface area contributed by atoms with Crippen LogP contribution < -0.4 is 16.0 Å². The predicted octanol–water partition coefficient (Wildman–Crippen LogP) is 4.20. The molecule has 2 aromatic carbocycles. The fourth-order valence-corrected chi connectivity index (χ4v) is 2.79. The molecule has 3 rings (SSSR count). The smallest absolute Gasteiger partial charge is 0.257 e. The van der Waals surface area contributed by atoms with Crippen molar-refractivity contribution >= 4 is 45.1 Å². The van der Waals surface area contributed by atoms with Crippen LogP contribution in [0.3, 0.4) is 0 Å². The molecule has 0 radical (unpaired) electrons. The van der Waals surface area contributed by atoms with E-state index in [0.717, 1.165) is 15.7 Å². The molecule has 2 amide bonds. The summed E-state index contributed by atoms with van der Waals surface area (Å²) in [5.74, 6) is -0.163. The van der Waals surface area contributed by atoms with Gasteiger partial charge in [-0.25, -0.2) is 4.99 Å². The molecule has 8 heteroatoms. The minimum Gasteiger partial charge on any atom is -0.326 e. The zero-order valence-electron chi connectivity index (χ0n) is 16.2. The highest BCUT2D eigenvalue weighted by atomic mass is 79.9. The Labute approximate surface area is 182 Å². The summed E-state index contributed by atoms with van der Waals surface area (Å²) in [5.41, 5.74) is 2.82. The van der Waals surface area contributed by atoms with E-state index in [4.69, 9.17) is 0 Å². The van der Waals surface area contributed by atoms with Crippen molar-refractivity contribution in [3.8, 4) is 0 Å². The molecule has 1 aromatic heterocycles. The van der Waals surface area contributed by atoms with Crippen LogP contribution in [-0.4, -0.2) is 22.8 Å². The van der Waals surface area contributed by atoms with Crippen LogP contribution in [-0.2, 0) is 11.3 Å². The first kappa shape index (κ1) is 21.2. The van der Waals surface area contributed by atoms with Crippen LogP contribution in [0, 0.1) is 0 Å². The molecular formula is C22H20BrN5O2. The number of rotatable bonds is 5. The maximum Gasteiger partial charge on any atom is 0.257 e. The number of pyridine rings is 1. The number of amides is 2. The van der Waals surface area contributed by atoms with Crippen molar-refractivity contribution in [2.75, 3.05) is 10.6 Å². The molecule has 0 saturated carbocycles. The lowest BCUT2D eigenvalue weighted by atomic mass is 10.2. The van der Waals surface area contributed by atoms with Crippen LogP contribution >= 0.6 is 15.9 Å². The lowest BCUT2D eigenvalue weighted by Crippen LogP contribution is -2.36. The number of aromatic nitrogens is 1. The van der Waals surface area contributed by atoms with Gasteiger partial charge in [-0.1, -0.05) is 15.9 Å². The minimum atomic E-state index is -0.317. The minimum absolute atomic E-state index is 0.170.